The molecule has 2 rings (SSSR count). The van der Waals surface area contributed by atoms with E-state index in [1.54, 1.807) is 0 Å². The van der Waals surface area contributed by atoms with E-state index in [1.807, 2.05) is 18.3 Å². The predicted octanol–water partition coefficient (Wildman–Crippen LogP) is 2.28. The summed E-state index contributed by atoms with van der Waals surface area (Å²) in [4.78, 5) is 3.12. The molecule has 0 spiro atoms. The molecule has 1 nitrogen and oxygen atoms in total. The standard InChI is InChI=1S/C8H7N.H/c1-2-4-8-7(3-1)5-6-9-8;/h1-6,9H;. The van der Waals surface area contributed by atoms with Crippen LogP contribution in [0, 0.1) is 0 Å². The van der Waals surface area contributed by atoms with Gasteiger partial charge in [-0.2, -0.15) is 0 Å². The molecule has 0 unspecified atom stereocenters. The molecule has 0 aliphatic carbocycles. The van der Waals surface area contributed by atoms with Crippen LogP contribution in [0.2, 0.25) is 0 Å². The first-order valence-corrected chi connectivity index (χ1v) is 2.99. The van der Waals surface area contributed by atoms with Crippen molar-refractivity contribution in [3.05, 3.63) is 36.5 Å². The molecule has 0 amide bonds. The van der Waals surface area contributed by atoms with E-state index in [9.17, 15) is 0 Å². The van der Waals surface area contributed by atoms with Gasteiger partial charge in [0, 0.05) is 13.1 Å². The van der Waals surface area contributed by atoms with Crippen molar-refractivity contribution >= 4 is 10.9 Å². The summed E-state index contributed by atoms with van der Waals surface area (Å²) in [5.41, 5.74) is 1.21. The van der Waals surface area contributed by atoms with Crippen LogP contribution in [0.1, 0.15) is 1.43 Å². The summed E-state index contributed by atoms with van der Waals surface area (Å²) in [5, 5.41) is 1.28. The number of H-pyrrole nitrogens is 1. The molecule has 0 atom stereocenters. The third-order valence-corrected chi connectivity index (χ3v) is 1.46. The number of aromatic amines is 1. The fraction of sp³-hybridized carbons (Fsp3) is 0. The Morgan fingerprint density at radius 1 is 1.11 bits per heavy atom. The lowest BCUT2D eigenvalue weighted by Crippen LogP contribution is -1.61. The number of benzene rings is 1. The van der Waals surface area contributed by atoms with Crippen LogP contribution in [-0.2, 0) is 0 Å². The first kappa shape index (κ1) is 4.62. The van der Waals surface area contributed by atoms with Crippen LogP contribution in [0.15, 0.2) is 36.5 Å². The topological polar surface area (TPSA) is 15.8 Å². The lowest BCUT2D eigenvalue weighted by Gasteiger charge is -1.83. The molecule has 1 N–H and O–H groups in total. The van der Waals surface area contributed by atoms with Gasteiger partial charge in [-0.15, -0.1) is 0 Å². The monoisotopic (exact) mass is 118 g/mol. The Labute approximate surface area is 54.8 Å². The quantitative estimate of drug-likeness (QED) is 0.546. The van der Waals surface area contributed by atoms with Crippen molar-refractivity contribution in [3.8, 4) is 0 Å². The highest BCUT2D eigenvalue weighted by Crippen LogP contribution is 2.09. The summed E-state index contributed by atoms with van der Waals surface area (Å²) in [5.74, 6) is 0. The van der Waals surface area contributed by atoms with Crippen LogP contribution in [0.5, 0.6) is 0 Å². The summed E-state index contributed by atoms with van der Waals surface area (Å²) >= 11 is 0. The minimum absolute atomic E-state index is 0. The van der Waals surface area contributed by atoms with Crippen molar-refractivity contribution in [3.63, 3.8) is 0 Å². The first-order valence-electron chi connectivity index (χ1n) is 2.99. The number of rotatable bonds is 0. The summed E-state index contributed by atoms with van der Waals surface area (Å²) < 4.78 is 0. The van der Waals surface area contributed by atoms with E-state index in [4.69, 9.17) is 0 Å². The highest BCUT2D eigenvalue weighted by atomic mass is 14.6. The predicted molar refractivity (Wildman–Crippen MR) is 39.4 cm³/mol. The largest absolute Gasteiger partial charge is 0.361 e. The van der Waals surface area contributed by atoms with Gasteiger partial charge in [-0.3, -0.25) is 0 Å². The molecule has 0 fully saturated rings. The molecule has 1 heteroatoms. The van der Waals surface area contributed by atoms with Gasteiger partial charge in [0.05, 0.1) is 0 Å². The summed E-state index contributed by atoms with van der Waals surface area (Å²) in [6.45, 7) is 0. The fourth-order valence-electron chi connectivity index (χ4n) is 0.995. The van der Waals surface area contributed by atoms with Gasteiger partial charge in [-0.25, -0.2) is 0 Å². The molecule has 0 aliphatic heterocycles. The molecule has 2 aromatic rings. The zero-order valence-electron chi connectivity index (χ0n) is 5.96. The number of fused-ring (bicyclic) bond motifs is 1. The Kier molecular flexibility index (Phi) is 0.833. The SMILES string of the molecule is [H].c1ccc2[nH]ccc2c1. The van der Waals surface area contributed by atoms with E-state index in [0.29, 0.717) is 0 Å². The second-order valence-electron chi connectivity index (χ2n) is 2.06. The Hall–Kier alpha value is -1.24. The van der Waals surface area contributed by atoms with Crippen molar-refractivity contribution < 1.29 is 1.43 Å². The van der Waals surface area contributed by atoms with Gasteiger partial charge in [0.25, 0.3) is 0 Å². The van der Waals surface area contributed by atoms with Gasteiger partial charge in [0.2, 0.25) is 0 Å². The van der Waals surface area contributed by atoms with Gasteiger partial charge in [0.1, 0.15) is 0 Å². The average Bonchev–Trinajstić information content (AvgIpc) is 2.33. The third kappa shape index (κ3) is 0.617. The molecule has 0 saturated carbocycles. The van der Waals surface area contributed by atoms with Crippen molar-refractivity contribution in [1.82, 2.24) is 4.98 Å². The molecule has 1 radical (unpaired) electrons. The molecule has 0 aliphatic rings. The molecule has 0 saturated heterocycles. The molecule has 1 aromatic heterocycles. The highest BCUT2D eigenvalue weighted by molar-refractivity contribution is 5.78. The van der Waals surface area contributed by atoms with E-state index in [0.717, 1.165) is 0 Å². The van der Waals surface area contributed by atoms with Gasteiger partial charge in [-0.05, 0) is 17.5 Å². The van der Waals surface area contributed by atoms with Crippen LogP contribution < -0.4 is 0 Å². The molecular weight excluding hydrogens is 110 g/mol. The van der Waals surface area contributed by atoms with Crippen molar-refractivity contribution in [1.29, 1.82) is 0 Å². The first-order chi connectivity index (χ1) is 4.47. The fourth-order valence-corrected chi connectivity index (χ4v) is 0.995. The van der Waals surface area contributed by atoms with Crippen LogP contribution >= 0.6 is 0 Å². The van der Waals surface area contributed by atoms with E-state index in [-0.39, 0.29) is 1.43 Å². The van der Waals surface area contributed by atoms with E-state index in [1.165, 1.54) is 10.9 Å². The summed E-state index contributed by atoms with van der Waals surface area (Å²) in [6.07, 6.45) is 1.95. The number of hydrogen-bond donors (Lipinski definition) is 1. The molecule has 1 heterocycles. The summed E-state index contributed by atoms with van der Waals surface area (Å²) in [7, 11) is 0. The Morgan fingerprint density at radius 2 is 2.00 bits per heavy atom. The van der Waals surface area contributed by atoms with Crippen LogP contribution in [0.25, 0.3) is 10.9 Å². The second kappa shape index (κ2) is 1.62. The van der Waals surface area contributed by atoms with Crippen LogP contribution in [0.4, 0.5) is 0 Å². The Balaban J connectivity index is 0.000000500. The van der Waals surface area contributed by atoms with Gasteiger partial charge >= 0.3 is 0 Å². The van der Waals surface area contributed by atoms with E-state index < -0.39 is 0 Å². The minimum atomic E-state index is 0. The van der Waals surface area contributed by atoms with Gasteiger partial charge in [-0.1, -0.05) is 18.2 Å². The van der Waals surface area contributed by atoms with Crippen molar-refractivity contribution in [2.45, 2.75) is 0 Å². The number of para-hydroxylation sites is 1. The van der Waals surface area contributed by atoms with E-state index in [2.05, 4.69) is 23.2 Å². The zero-order valence-corrected chi connectivity index (χ0v) is 4.96. The molecule has 0 bridgehead atoms. The number of aromatic nitrogens is 1. The number of hydrogen-bond acceptors (Lipinski definition) is 0. The molecule has 1 aromatic carbocycles. The maximum absolute atomic E-state index is 3.12. The molecule has 45 valence electrons. The minimum Gasteiger partial charge on any atom is -0.361 e. The smallest absolute Gasteiger partial charge is 0.0453 e. The Morgan fingerprint density at radius 3 is 2.89 bits per heavy atom. The van der Waals surface area contributed by atoms with E-state index >= 15 is 0 Å². The van der Waals surface area contributed by atoms with Gasteiger partial charge in [0.15, 0.2) is 0 Å². The lowest BCUT2D eigenvalue weighted by molar-refractivity contribution is 1.48. The maximum atomic E-state index is 3.12. The van der Waals surface area contributed by atoms with Gasteiger partial charge < -0.3 is 4.98 Å². The van der Waals surface area contributed by atoms with Crippen molar-refractivity contribution in [2.75, 3.05) is 0 Å². The lowest BCUT2D eigenvalue weighted by atomic mass is 10.3. The highest BCUT2D eigenvalue weighted by Gasteiger charge is 1.86. The third-order valence-electron chi connectivity index (χ3n) is 1.46. The van der Waals surface area contributed by atoms with Crippen LogP contribution in [-0.4, -0.2) is 4.98 Å². The molecule has 9 heavy (non-hydrogen) atoms. The second-order valence-corrected chi connectivity index (χ2v) is 2.06. The van der Waals surface area contributed by atoms with Crippen molar-refractivity contribution in [2.24, 2.45) is 0 Å². The summed E-state index contributed by atoms with van der Waals surface area (Å²) in [6, 6.07) is 10.3. The number of nitrogens with one attached hydrogen (secondary N) is 1. The van der Waals surface area contributed by atoms with Crippen LogP contribution in [0.3, 0.4) is 0 Å². The zero-order chi connectivity index (χ0) is 6.10. The molecular formula is C8H8N. The Bertz CT molecular complexity index is 283. The normalized spacial score (nSPS) is 10.2. The maximum Gasteiger partial charge on any atom is 0.0453 e. The average molecular weight is 118 g/mol.